The standard InChI is InChI=1S/C7H10F2/c1-7(9)5-3-2-4-6-8/h4-6H,2-3H2,1H3/b6-4+,7-5-. The molecule has 0 saturated carbocycles. The first-order valence-corrected chi connectivity index (χ1v) is 2.85. The molecule has 0 amide bonds. The minimum atomic E-state index is -0.206. The quantitative estimate of drug-likeness (QED) is 0.517. The molecule has 2 heteroatoms. The van der Waals surface area contributed by atoms with Gasteiger partial charge in [-0.3, -0.25) is 0 Å². The SMILES string of the molecule is C/C(F)=C/CC/C=C/F. The molecule has 0 N–H and O–H groups in total. The van der Waals surface area contributed by atoms with Gasteiger partial charge in [-0.15, -0.1) is 0 Å². The highest BCUT2D eigenvalue weighted by atomic mass is 19.1. The molecular formula is C7H10F2. The summed E-state index contributed by atoms with van der Waals surface area (Å²) in [6, 6.07) is 0. The van der Waals surface area contributed by atoms with Crippen molar-refractivity contribution in [3.05, 3.63) is 24.3 Å². The van der Waals surface area contributed by atoms with E-state index in [1.165, 1.54) is 19.1 Å². The molecule has 0 rings (SSSR count). The zero-order valence-electron chi connectivity index (χ0n) is 5.40. The summed E-state index contributed by atoms with van der Waals surface area (Å²) in [4.78, 5) is 0. The topological polar surface area (TPSA) is 0 Å². The van der Waals surface area contributed by atoms with Gasteiger partial charge in [-0.2, -0.15) is 0 Å². The lowest BCUT2D eigenvalue weighted by Crippen LogP contribution is -1.65. The first-order chi connectivity index (χ1) is 4.27. The first-order valence-electron chi connectivity index (χ1n) is 2.85. The maximum absolute atomic E-state index is 11.9. The Morgan fingerprint density at radius 2 is 2.11 bits per heavy atom. The van der Waals surface area contributed by atoms with Crippen molar-refractivity contribution in [2.24, 2.45) is 0 Å². The van der Waals surface area contributed by atoms with Gasteiger partial charge in [0.2, 0.25) is 0 Å². The molecule has 0 aliphatic heterocycles. The Hall–Kier alpha value is -0.660. The summed E-state index contributed by atoms with van der Waals surface area (Å²) in [7, 11) is 0. The normalized spacial score (nSPS) is 13.0. The Labute approximate surface area is 53.9 Å². The van der Waals surface area contributed by atoms with E-state index >= 15 is 0 Å². The van der Waals surface area contributed by atoms with Crippen molar-refractivity contribution in [2.45, 2.75) is 19.8 Å². The lowest BCUT2D eigenvalue weighted by molar-refractivity contribution is 0.632. The monoisotopic (exact) mass is 132 g/mol. The van der Waals surface area contributed by atoms with E-state index in [0.717, 1.165) is 0 Å². The molecule has 0 nitrogen and oxygen atoms in total. The van der Waals surface area contributed by atoms with Crippen molar-refractivity contribution in [3.8, 4) is 0 Å². The van der Waals surface area contributed by atoms with Crippen LogP contribution in [-0.2, 0) is 0 Å². The summed E-state index contributed by atoms with van der Waals surface area (Å²) in [6.45, 7) is 1.37. The van der Waals surface area contributed by atoms with Crippen LogP contribution in [0.4, 0.5) is 8.78 Å². The average Bonchev–Trinajstić information content (AvgIpc) is 1.80. The first kappa shape index (κ1) is 8.34. The molecule has 0 spiro atoms. The van der Waals surface area contributed by atoms with Gasteiger partial charge in [-0.25, -0.2) is 8.78 Å². The number of allylic oxidation sites excluding steroid dienone is 3. The predicted molar refractivity (Wildman–Crippen MR) is 34.3 cm³/mol. The Balaban J connectivity index is 3.20. The summed E-state index contributed by atoms with van der Waals surface area (Å²) in [5.74, 6) is -0.206. The van der Waals surface area contributed by atoms with E-state index in [1.807, 2.05) is 0 Å². The van der Waals surface area contributed by atoms with E-state index in [0.29, 0.717) is 19.2 Å². The Morgan fingerprint density at radius 1 is 1.44 bits per heavy atom. The van der Waals surface area contributed by atoms with Crippen LogP contribution in [0.1, 0.15) is 19.8 Å². The van der Waals surface area contributed by atoms with Gasteiger partial charge < -0.3 is 0 Å². The second-order valence-electron chi connectivity index (χ2n) is 1.73. The smallest absolute Gasteiger partial charge is 0.0929 e. The summed E-state index contributed by atoms with van der Waals surface area (Å²) in [5.41, 5.74) is 0. The summed E-state index contributed by atoms with van der Waals surface area (Å²) >= 11 is 0. The lowest BCUT2D eigenvalue weighted by Gasteiger charge is -1.83. The second kappa shape index (κ2) is 5.48. The van der Waals surface area contributed by atoms with E-state index < -0.39 is 0 Å². The Morgan fingerprint density at radius 3 is 2.56 bits per heavy atom. The van der Waals surface area contributed by atoms with E-state index in [9.17, 15) is 8.78 Å². The van der Waals surface area contributed by atoms with Crippen molar-refractivity contribution < 1.29 is 8.78 Å². The molecule has 9 heavy (non-hydrogen) atoms. The maximum atomic E-state index is 11.9. The van der Waals surface area contributed by atoms with Crippen LogP contribution in [-0.4, -0.2) is 0 Å². The molecule has 0 bridgehead atoms. The fourth-order valence-electron chi connectivity index (χ4n) is 0.441. The van der Waals surface area contributed by atoms with Crippen molar-refractivity contribution in [1.29, 1.82) is 0 Å². The van der Waals surface area contributed by atoms with E-state index in [1.54, 1.807) is 0 Å². The maximum Gasteiger partial charge on any atom is 0.0929 e. The zero-order valence-corrected chi connectivity index (χ0v) is 5.40. The average molecular weight is 132 g/mol. The lowest BCUT2D eigenvalue weighted by atomic mass is 10.3. The summed E-state index contributed by atoms with van der Waals surface area (Å²) in [5, 5.41) is 0. The molecule has 0 radical (unpaired) electrons. The number of hydrogen-bond donors (Lipinski definition) is 0. The number of unbranched alkanes of at least 4 members (excludes halogenated alkanes) is 1. The zero-order chi connectivity index (χ0) is 7.11. The third-order valence-electron chi connectivity index (χ3n) is 0.848. The largest absolute Gasteiger partial charge is 0.216 e. The summed E-state index contributed by atoms with van der Waals surface area (Å²) in [6.07, 6.45) is 4.40. The minimum Gasteiger partial charge on any atom is -0.216 e. The van der Waals surface area contributed by atoms with E-state index in [4.69, 9.17) is 0 Å². The molecule has 0 fully saturated rings. The van der Waals surface area contributed by atoms with Crippen molar-refractivity contribution in [3.63, 3.8) is 0 Å². The third kappa shape index (κ3) is 7.34. The fourth-order valence-corrected chi connectivity index (χ4v) is 0.441. The highest BCUT2D eigenvalue weighted by Crippen LogP contribution is 1.99. The van der Waals surface area contributed by atoms with Crippen LogP contribution in [0.25, 0.3) is 0 Å². The van der Waals surface area contributed by atoms with Crippen LogP contribution in [0.5, 0.6) is 0 Å². The van der Waals surface area contributed by atoms with E-state index in [-0.39, 0.29) is 5.83 Å². The molecule has 0 aromatic carbocycles. The minimum absolute atomic E-state index is 0.206. The molecule has 0 aliphatic carbocycles. The molecule has 52 valence electrons. The molecule has 0 atom stereocenters. The van der Waals surface area contributed by atoms with Crippen molar-refractivity contribution in [2.75, 3.05) is 0 Å². The van der Waals surface area contributed by atoms with Crippen LogP contribution >= 0.6 is 0 Å². The van der Waals surface area contributed by atoms with Crippen molar-refractivity contribution in [1.82, 2.24) is 0 Å². The second-order valence-corrected chi connectivity index (χ2v) is 1.73. The highest BCUT2D eigenvalue weighted by molar-refractivity contribution is 4.88. The van der Waals surface area contributed by atoms with Gasteiger partial charge in [0.05, 0.1) is 12.2 Å². The van der Waals surface area contributed by atoms with Gasteiger partial charge in [-0.1, -0.05) is 12.2 Å². The Bertz CT molecular complexity index is 110. The highest BCUT2D eigenvalue weighted by Gasteiger charge is 1.80. The molecule has 0 aromatic rings. The molecule has 0 aliphatic rings. The number of hydrogen-bond acceptors (Lipinski definition) is 0. The molecular weight excluding hydrogens is 122 g/mol. The number of rotatable bonds is 3. The fraction of sp³-hybridized carbons (Fsp3) is 0.429. The molecule has 0 aromatic heterocycles. The van der Waals surface area contributed by atoms with Crippen LogP contribution in [0, 0.1) is 0 Å². The molecule has 0 saturated heterocycles. The van der Waals surface area contributed by atoms with Crippen LogP contribution in [0.15, 0.2) is 24.3 Å². The number of halogens is 2. The van der Waals surface area contributed by atoms with Crippen LogP contribution < -0.4 is 0 Å². The van der Waals surface area contributed by atoms with Crippen LogP contribution in [0.2, 0.25) is 0 Å². The van der Waals surface area contributed by atoms with E-state index in [2.05, 4.69) is 0 Å². The van der Waals surface area contributed by atoms with Crippen LogP contribution in [0.3, 0.4) is 0 Å². The van der Waals surface area contributed by atoms with Gasteiger partial charge in [-0.05, 0) is 19.8 Å². The van der Waals surface area contributed by atoms with Crippen molar-refractivity contribution >= 4 is 0 Å². The van der Waals surface area contributed by atoms with Gasteiger partial charge in [0.15, 0.2) is 0 Å². The predicted octanol–water partition coefficient (Wildman–Crippen LogP) is 3.12. The molecule has 0 heterocycles. The Kier molecular flexibility index (Phi) is 5.07. The van der Waals surface area contributed by atoms with Gasteiger partial charge in [0, 0.05) is 0 Å². The van der Waals surface area contributed by atoms with Gasteiger partial charge in [0.25, 0.3) is 0 Å². The third-order valence-corrected chi connectivity index (χ3v) is 0.848. The van der Waals surface area contributed by atoms with Gasteiger partial charge in [0.1, 0.15) is 0 Å². The van der Waals surface area contributed by atoms with Gasteiger partial charge >= 0.3 is 0 Å². The summed E-state index contributed by atoms with van der Waals surface area (Å²) < 4.78 is 23.1. The molecule has 0 unspecified atom stereocenters.